The second-order valence-corrected chi connectivity index (χ2v) is 6.14. The fourth-order valence-corrected chi connectivity index (χ4v) is 2.82. The fourth-order valence-electron chi connectivity index (χ4n) is 2.49. The molecule has 3 nitrogen and oxygen atoms in total. The molecule has 3 rings (SSSR count). The molecule has 1 heterocycles. The van der Waals surface area contributed by atoms with E-state index in [0.29, 0.717) is 11.5 Å². The number of aromatic hydroxyl groups is 2. The van der Waals surface area contributed by atoms with Crippen LogP contribution in [0.15, 0.2) is 24.3 Å². The van der Waals surface area contributed by atoms with E-state index in [9.17, 15) is 10.2 Å². The summed E-state index contributed by atoms with van der Waals surface area (Å²) in [6.07, 6.45) is 0. The van der Waals surface area contributed by atoms with Crippen molar-refractivity contribution in [1.29, 1.82) is 0 Å². The Morgan fingerprint density at radius 3 is 1.65 bits per heavy atom. The molecule has 1 aliphatic rings. The average molecular weight is 311 g/mol. The van der Waals surface area contributed by atoms with Gasteiger partial charge in [-0.15, -0.1) is 0 Å². The topological polar surface area (TPSA) is 49.7 Å². The molecule has 20 heavy (non-hydrogen) atoms. The van der Waals surface area contributed by atoms with Crippen LogP contribution in [0.2, 0.25) is 10.0 Å². The number of fused-ring (bicyclic) bond motifs is 2. The van der Waals surface area contributed by atoms with Gasteiger partial charge < -0.3 is 14.9 Å². The fraction of sp³-hybridized carbons (Fsp3) is 0.200. The predicted molar refractivity (Wildman–Crippen MR) is 78.4 cm³/mol. The van der Waals surface area contributed by atoms with Crippen molar-refractivity contribution in [2.75, 3.05) is 0 Å². The van der Waals surface area contributed by atoms with Crippen LogP contribution in [0, 0.1) is 0 Å². The molecule has 2 N–H and O–H groups in total. The smallest absolute Gasteiger partial charge is 0.137 e. The first kappa shape index (κ1) is 13.4. The maximum Gasteiger partial charge on any atom is 0.137 e. The molecule has 0 saturated carbocycles. The van der Waals surface area contributed by atoms with Crippen molar-refractivity contribution in [3.63, 3.8) is 0 Å². The summed E-state index contributed by atoms with van der Waals surface area (Å²) >= 11 is 12.0. The number of benzene rings is 2. The first-order valence-corrected chi connectivity index (χ1v) is 6.80. The van der Waals surface area contributed by atoms with Crippen LogP contribution in [0.25, 0.3) is 0 Å². The molecule has 104 valence electrons. The minimum Gasteiger partial charge on any atom is -0.506 e. The molecule has 0 unspecified atom stereocenters. The van der Waals surface area contributed by atoms with E-state index >= 15 is 0 Å². The summed E-state index contributed by atoms with van der Waals surface area (Å²) in [5.74, 6) is 0.961. The Morgan fingerprint density at radius 2 is 1.25 bits per heavy atom. The van der Waals surface area contributed by atoms with Crippen molar-refractivity contribution in [3.05, 3.63) is 45.4 Å². The number of phenols is 2. The van der Waals surface area contributed by atoms with Gasteiger partial charge in [0.25, 0.3) is 0 Å². The molecule has 2 aromatic rings. The van der Waals surface area contributed by atoms with Crippen LogP contribution in [0.4, 0.5) is 0 Å². The molecular formula is C15H12Cl2O3. The highest BCUT2D eigenvalue weighted by Crippen LogP contribution is 2.51. The van der Waals surface area contributed by atoms with Gasteiger partial charge in [0.05, 0.1) is 10.0 Å². The third-order valence-corrected chi connectivity index (χ3v) is 4.27. The second kappa shape index (κ2) is 4.21. The van der Waals surface area contributed by atoms with Gasteiger partial charge in [0.1, 0.15) is 23.0 Å². The Kier molecular flexibility index (Phi) is 2.82. The van der Waals surface area contributed by atoms with Crippen LogP contribution in [0.5, 0.6) is 23.0 Å². The lowest BCUT2D eigenvalue weighted by Gasteiger charge is -2.34. The molecule has 0 radical (unpaired) electrons. The van der Waals surface area contributed by atoms with Crippen molar-refractivity contribution in [2.24, 2.45) is 0 Å². The summed E-state index contributed by atoms with van der Waals surface area (Å²) in [6.45, 7) is 4.02. The van der Waals surface area contributed by atoms with E-state index < -0.39 is 5.41 Å². The molecule has 0 aliphatic carbocycles. The Hall–Kier alpha value is -1.58. The van der Waals surface area contributed by atoms with Gasteiger partial charge in [-0.1, -0.05) is 37.0 Å². The van der Waals surface area contributed by atoms with Gasteiger partial charge in [-0.25, -0.2) is 0 Å². The molecule has 0 fully saturated rings. The average Bonchev–Trinajstić information content (AvgIpc) is 2.35. The van der Waals surface area contributed by atoms with Gasteiger partial charge in [0.2, 0.25) is 0 Å². The number of phenolic OH excluding ortho intramolecular Hbond substituents is 2. The van der Waals surface area contributed by atoms with Gasteiger partial charge in [0, 0.05) is 28.7 Å². The molecule has 5 heteroatoms. The van der Waals surface area contributed by atoms with Crippen LogP contribution in [-0.2, 0) is 5.41 Å². The Morgan fingerprint density at radius 1 is 0.850 bits per heavy atom. The second-order valence-electron chi connectivity index (χ2n) is 5.33. The van der Waals surface area contributed by atoms with Gasteiger partial charge in [-0.05, 0) is 12.1 Å². The maximum absolute atomic E-state index is 9.71. The van der Waals surface area contributed by atoms with Crippen LogP contribution in [-0.4, -0.2) is 10.2 Å². The molecule has 0 atom stereocenters. The molecule has 0 bridgehead atoms. The molecule has 0 spiro atoms. The Labute approximate surface area is 126 Å². The van der Waals surface area contributed by atoms with Gasteiger partial charge >= 0.3 is 0 Å². The van der Waals surface area contributed by atoms with E-state index in [1.165, 1.54) is 12.1 Å². The molecular weight excluding hydrogens is 299 g/mol. The van der Waals surface area contributed by atoms with Crippen LogP contribution in [0.1, 0.15) is 25.0 Å². The highest BCUT2D eigenvalue weighted by atomic mass is 35.5. The number of rotatable bonds is 0. The third-order valence-electron chi connectivity index (χ3n) is 3.66. The Balaban J connectivity index is 2.28. The van der Waals surface area contributed by atoms with Crippen LogP contribution in [0.3, 0.4) is 0 Å². The monoisotopic (exact) mass is 310 g/mol. The van der Waals surface area contributed by atoms with Gasteiger partial charge in [-0.2, -0.15) is 0 Å². The highest BCUT2D eigenvalue weighted by Gasteiger charge is 2.35. The van der Waals surface area contributed by atoms with Crippen LogP contribution < -0.4 is 4.74 Å². The summed E-state index contributed by atoms with van der Waals surface area (Å²) in [5, 5.41) is 20.0. The maximum atomic E-state index is 9.71. The van der Waals surface area contributed by atoms with E-state index in [2.05, 4.69) is 0 Å². The standard InChI is InChI=1S/C15H12Cl2O3/c1-15(2)7-3-9(16)11(18)5-13(7)20-14-6-12(19)10(17)4-8(14)15/h3-6,18-19H,1-2H3. The largest absolute Gasteiger partial charge is 0.506 e. The first-order chi connectivity index (χ1) is 9.30. The summed E-state index contributed by atoms with van der Waals surface area (Å²) < 4.78 is 5.75. The zero-order valence-corrected chi connectivity index (χ0v) is 12.4. The lowest BCUT2D eigenvalue weighted by atomic mass is 9.75. The summed E-state index contributed by atoms with van der Waals surface area (Å²) in [5.41, 5.74) is 1.31. The predicted octanol–water partition coefficient (Wildman–Crippen LogP) is 4.84. The molecule has 0 aromatic heterocycles. The van der Waals surface area contributed by atoms with E-state index in [-0.39, 0.29) is 21.5 Å². The zero-order valence-electron chi connectivity index (χ0n) is 10.9. The molecule has 0 saturated heterocycles. The van der Waals surface area contributed by atoms with Crippen molar-refractivity contribution in [1.82, 2.24) is 0 Å². The van der Waals surface area contributed by atoms with Crippen molar-refractivity contribution >= 4 is 23.2 Å². The first-order valence-electron chi connectivity index (χ1n) is 6.04. The summed E-state index contributed by atoms with van der Waals surface area (Å²) in [7, 11) is 0. The van der Waals surface area contributed by atoms with E-state index in [1.54, 1.807) is 12.1 Å². The van der Waals surface area contributed by atoms with Crippen molar-refractivity contribution < 1.29 is 14.9 Å². The summed E-state index contributed by atoms with van der Waals surface area (Å²) in [4.78, 5) is 0. The molecule has 2 aromatic carbocycles. The molecule has 0 amide bonds. The van der Waals surface area contributed by atoms with E-state index in [0.717, 1.165) is 11.1 Å². The number of hydrogen-bond donors (Lipinski definition) is 2. The van der Waals surface area contributed by atoms with E-state index in [4.69, 9.17) is 27.9 Å². The van der Waals surface area contributed by atoms with Crippen molar-refractivity contribution in [2.45, 2.75) is 19.3 Å². The van der Waals surface area contributed by atoms with Crippen molar-refractivity contribution in [3.8, 4) is 23.0 Å². The zero-order chi connectivity index (χ0) is 14.7. The lowest BCUT2D eigenvalue weighted by molar-refractivity contribution is 0.403. The lowest BCUT2D eigenvalue weighted by Crippen LogP contribution is -2.24. The highest BCUT2D eigenvalue weighted by molar-refractivity contribution is 6.32. The van der Waals surface area contributed by atoms with Gasteiger partial charge in [-0.3, -0.25) is 0 Å². The molecule has 1 aliphatic heterocycles. The van der Waals surface area contributed by atoms with E-state index in [1.807, 2.05) is 13.8 Å². The number of hydrogen-bond acceptors (Lipinski definition) is 3. The minimum absolute atomic E-state index is 0.0390. The quantitative estimate of drug-likeness (QED) is 0.732. The Bertz CT molecular complexity index is 664. The van der Waals surface area contributed by atoms with Crippen LogP contribution >= 0.6 is 23.2 Å². The minimum atomic E-state index is -0.405. The van der Waals surface area contributed by atoms with Gasteiger partial charge in [0.15, 0.2) is 0 Å². The summed E-state index contributed by atoms with van der Waals surface area (Å²) in [6, 6.07) is 6.34. The number of halogens is 2. The number of ether oxygens (including phenoxy) is 1. The normalized spacial score (nSPS) is 15.2. The SMILES string of the molecule is CC1(C)c2cc(Cl)c(O)cc2Oc2cc(O)c(Cl)cc21. The third kappa shape index (κ3) is 1.81.